The SMILES string of the molecule is Cn1c2ccccc2n2c3c(ccc4c5ccncc5oc43)nc12. The van der Waals surface area contributed by atoms with Crippen molar-refractivity contribution < 1.29 is 4.42 Å². The summed E-state index contributed by atoms with van der Waals surface area (Å²) in [5, 5.41) is 2.17. The number of pyridine rings is 1. The fourth-order valence-electron chi connectivity index (χ4n) is 3.73. The zero-order valence-electron chi connectivity index (χ0n) is 12.9. The van der Waals surface area contributed by atoms with E-state index in [0.717, 1.165) is 49.8 Å². The highest BCUT2D eigenvalue weighted by molar-refractivity contribution is 6.14. The van der Waals surface area contributed by atoms with E-state index in [2.05, 4.69) is 44.3 Å². The molecule has 2 aromatic carbocycles. The van der Waals surface area contributed by atoms with Crippen molar-refractivity contribution >= 4 is 49.8 Å². The maximum atomic E-state index is 6.16. The van der Waals surface area contributed by atoms with Gasteiger partial charge in [0.1, 0.15) is 5.52 Å². The number of hydrogen-bond acceptors (Lipinski definition) is 3. The van der Waals surface area contributed by atoms with Gasteiger partial charge in [0.15, 0.2) is 11.2 Å². The summed E-state index contributed by atoms with van der Waals surface area (Å²) in [6, 6.07) is 14.5. The van der Waals surface area contributed by atoms with Crippen LogP contribution in [0.4, 0.5) is 0 Å². The van der Waals surface area contributed by atoms with Crippen molar-refractivity contribution in [3.05, 3.63) is 54.9 Å². The molecule has 5 nitrogen and oxygen atoms in total. The first kappa shape index (κ1) is 12.1. The fourth-order valence-corrected chi connectivity index (χ4v) is 3.73. The molecule has 114 valence electrons. The molecular weight excluding hydrogens is 300 g/mol. The van der Waals surface area contributed by atoms with E-state index < -0.39 is 0 Å². The van der Waals surface area contributed by atoms with Gasteiger partial charge in [0, 0.05) is 24.0 Å². The maximum Gasteiger partial charge on any atom is 0.215 e. The van der Waals surface area contributed by atoms with E-state index in [0.29, 0.717) is 0 Å². The average molecular weight is 312 g/mol. The lowest BCUT2D eigenvalue weighted by atomic mass is 10.1. The predicted molar refractivity (Wildman–Crippen MR) is 94.2 cm³/mol. The Kier molecular flexibility index (Phi) is 1.99. The van der Waals surface area contributed by atoms with Gasteiger partial charge in [-0.1, -0.05) is 12.1 Å². The molecule has 0 unspecified atom stereocenters. The molecule has 0 aliphatic rings. The molecule has 0 N–H and O–H groups in total. The minimum Gasteiger partial charge on any atom is -0.452 e. The van der Waals surface area contributed by atoms with Gasteiger partial charge in [-0.15, -0.1) is 0 Å². The molecule has 0 saturated heterocycles. The number of benzene rings is 2. The van der Waals surface area contributed by atoms with Crippen LogP contribution in [0.2, 0.25) is 0 Å². The number of imidazole rings is 2. The minimum absolute atomic E-state index is 0.801. The van der Waals surface area contributed by atoms with Crippen LogP contribution in [0.25, 0.3) is 49.8 Å². The summed E-state index contributed by atoms with van der Waals surface area (Å²) < 4.78 is 10.5. The minimum atomic E-state index is 0.801. The van der Waals surface area contributed by atoms with Crippen LogP contribution in [0, 0.1) is 0 Å². The van der Waals surface area contributed by atoms with Crippen LogP contribution >= 0.6 is 0 Å². The van der Waals surface area contributed by atoms with Crippen molar-refractivity contribution in [1.82, 2.24) is 18.9 Å². The third-order valence-electron chi connectivity index (χ3n) is 4.82. The first-order valence-corrected chi connectivity index (χ1v) is 7.84. The van der Waals surface area contributed by atoms with Crippen LogP contribution in [-0.4, -0.2) is 18.9 Å². The Morgan fingerprint density at radius 3 is 2.75 bits per heavy atom. The zero-order valence-corrected chi connectivity index (χ0v) is 12.9. The van der Waals surface area contributed by atoms with Gasteiger partial charge < -0.3 is 8.98 Å². The number of hydrogen-bond donors (Lipinski definition) is 0. The molecule has 4 aromatic heterocycles. The Morgan fingerprint density at radius 2 is 1.83 bits per heavy atom. The van der Waals surface area contributed by atoms with Crippen LogP contribution in [0.5, 0.6) is 0 Å². The first-order valence-electron chi connectivity index (χ1n) is 7.84. The number of aromatic nitrogens is 4. The topological polar surface area (TPSA) is 48.3 Å². The summed E-state index contributed by atoms with van der Waals surface area (Å²) in [7, 11) is 2.04. The van der Waals surface area contributed by atoms with Crippen LogP contribution < -0.4 is 0 Å². The highest BCUT2D eigenvalue weighted by Crippen LogP contribution is 2.35. The van der Waals surface area contributed by atoms with Crippen molar-refractivity contribution in [2.75, 3.05) is 0 Å². The molecule has 0 aliphatic heterocycles. The van der Waals surface area contributed by atoms with E-state index in [1.165, 1.54) is 0 Å². The number of aryl methyl sites for hydroxylation is 1. The van der Waals surface area contributed by atoms with Gasteiger partial charge in [-0.2, -0.15) is 0 Å². The van der Waals surface area contributed by atoms with E-state index in [9.17, 15) is 0 Å². The molecule has 4 heterocycles. The lowest BCUT2D eigenvalue weighted by Crippen LogP contribution is -1.87. The van der Waals surface area contributed by atoms with Crippen LogP contribution in [-0.2, 0) is 7.05 Å². The van der Waals surface area contributed by atoms with Gasteiger partial charge in [0.2, 0.25) is 5.78 Å². The molecule has 0 fully saturated rings. The van der Waals surface area contributed by atoms with Crippen molar-refractivity contribution in [3.63, 3.8) is 0 Å². The molecule has 0 aliphatic carbocycles. The largest absolute Gasteiger partial charge is 0.452 e. The summed E-state index contributed by atoms with van der Waals surface area (Å²) >= 11 is 0. The Hall–Kier alpha value is -3.34. The summed E-state index contributed by atoms with van der Waals surface area (Å²) in [4.78, 5) is 8.99. The van der Waals surface area contributed by atoms with E-state index in [1.54, 1.807) is 12.4 Å². The van der Waals surface area contributed by atoms with Gasteiger partial charge in [0.05, 0.1) is 22.7 Å². The Balaban J connectivity index is 1.98. The summed E-state index contributed by atoms with van der Waals surface area (Å²) in [6.45, 7) is 0. The summed E-state index contributed by atoms with van der Waals surface area (Å²) in [5.41, 5.74) is 5.89. The predicted octanol–water partition coefficient (Wildman–Crippen LogP) is 4.27. The highest BCUT2D eigenvalue weighted by Gasteiger charge is 2.18. The molecule has 0 amide bonds. The van der Waals surface area contributed by atoms with Crippen molar-refractivity contribution in [2.24, 2.45) is 7.05 Å². The molecule has 24 heavy (non-hydrogen) atoms. The van der Waals surface area contributed by atoms with Gasteiger partial charge in [-0.05, 0) is 30.3 Å². The summed E-state index contributed by atoms with van der Waals surface area (Å²) in [5.74, 6) is 0.914. The number of furan rings is 1. The zero-order chi connectivity index (χ0) is 15.8. The maximum absolute atomic E-state index is 6.16. The molecule has 0 saturated carbocycles. The lowest BCUT2D eigenvalue weighted by molar-refractivity contribution is 0.669. The van der Waals surface area contributed by atoms with E-state index in [-0.39, 0.29) is 0 Å². The normalized spacial score (nSPS) is 12.4. The summed E-state index contributed by atoms with van der Waals surface area (Å²) in [6.07, 6.45) is 3.56. The van der Waals surface area contributed by atoms with Gasteiger partial charge in [-0.3, -0.25) is 9.38 Å². The Labute approximate surface area is 135 Å². The van der Waals surface area contributed by atoms with Crippen molar-refractivity contribution in [3.8, 4) is 0 Å². The molecular formula is C19H12N4O. The Morgan fingerprint density at radius 1 is 0.958 bits per heavy atom. The second-order valence-corrected chi connectivity index (χ2v) is 6.08. The highest BCUT2D eigenvalue weighted by atomic mass is 16.3. The molecule has 5 heteroatoms. The molecule has 6 aromatic rings. The van der Waals surface area contributed by atoms with E-state index in [1.807, 2.05) is 19.2 Å². The standard InChI is InChI=1S/C19H12N4O/c1-22-14-4-2-3-5-15(14)23-17-13(21-19(22)23)7-6-12-11-8-9-20-10-16(11)24-18(12)17/h2-10H,1H3. The molecule has 6 rings (SSSR count). The van der Waals surface area contributed by atoms with Crippen LogP contribution in [0.15, 0.2) is 59.3 Å². The number of nitrogens with zero attached hydrogens (tertiary/aromatic N) is 4. The number of rotatable bonds is 0. The Bertz CT molecular complexity index is 1420. The number of fused-ring (bicyclic) bond motifs is 9. The van der Waals surface area contributed by atoms with Crippen molar-refractivity contribution in [2.45, 2.75) is 0 Å². The molecule has 0 bridgehead atoms. The molecule has 0 spiro atoms. The van der Waals surface area contributed by atoms with Gasteiger partial charge >= 0.3 is 0 Å². The molecule has 0 atom stereocenters. The third kappa shape index (κ3) is 1.27. The smallest absolute Gasteiger partial charge is 0.215 e. The van der Waals surface area contributed by atoms with E-state index >= 15 is 0 Å². The third-order valence-corrected chi connectivity index (χ3v) is 4.82. The van der Waals surface area contributed by atoms with E-state index in [4.69, 9.17) is 9.40 Å². The fraction of sp³-hybridized carbons (Fsp3) is 0.0526. The molecule has 0 radical (unpaired) electrons. The second kappa shape index (κ2) is 3.94. The second-order valence-electron chi connectivity index (χ2n) is 6.08. The average Bonchev–Trinajstić information content (AvgIpc) is 3.25. The van der Waals surface area contributed by atoms with Crippen LogP contribution in [0.3, 0.4) is 0 Å². The first-order chi connectivity index (χ1) is 11.8. The van der Waals surface area contributed by atoms with Crippen LogP contribution in [0.1, 0.15) is 0 Å². The van der Waals surface area contributed by atoms with Gasteiger partial charge in [0.25, 0.3) is 0 Å². The van der Waals surface area contributed by atoms with Crippen molar-refractivity contribution in [1.29, 1.82) is 0 Å². The monoisotopic (exact) mass is 312 g/mol. The lowest BCUT2D eigenvalue weighted by Gasteiger charge is -1.96. The number of para-hydroxylation sites is 2. The quantitative estimate of drug-likeness (QED) is 0.421. The van der Waals surface area contributed by atoms with Gasteiger partial charge in [-0.25, -0.2) is 4.98 Å².